The van der Waals surface area contributed by atoms with E-state index in [9.17, 15) is 0 Å². The van der Waals surface area contributed by atoms with Gasteiger partial charge in [-0.05, 0) is 39.7 Å². The van der Waals surface area contributed by atoms with E-state index in [2.05, 4.69) is 25.2 Å². The van der Waals surface area contributed by atoms with Crippen molar-refractivity contribution in [3.63, 3.8) is 0 Å². The van der Waals surface area contributed by atoms with Gasteiger partial charge in [-0.25, -0.2) is 0 Å². The van der Waals surface area contributed by atoms with E-state index in [1.54, 1.807) is 0 Å². The minimum atomic E-state index is 0.866. The van der Waals surface area contributed by atoms with E-state index in [1.165, 1.54) is 24.8 Å². The van der Waals surface area contributed by atoms with E-state index in [4.69, 9.17) is 0 Å². The molecule has 1 nitrogen and oxygen atoms in total. The van der Waals surface area contributed by atoms with Gasteiger partial charge in [-0.1, -0.05) is 11.6 Å². The van der Waals surface area contributed by atoms with Crippen LogP contribution >= 0.6 is 0 Å². The van der Waals surface area contributed by atoms with Crippen LogP contribution in [0.25, 0.3) is 0 Å². The topological polar surface area (TPSA) is 12.0 Å². The number of allylic oxidation sites excluding steroid dienone is 1. The molecule has 0 aromatic heterocycles. The fraction of sp³-hybridized carbons (Fsp3) is 0.778. The zero-order valence-corrected chi connectivity index (χ0v) is 6.98. The predicted molar refractivity (Wildman–Crippen MR) is 45.1 cm³/mol. The average molecular weight is 139 g/mol. The van der Waals surface area contributed by atoms with Crippen LogP contribution in [0.4, 0.5) is 0 Å². The number of rotatable bonds is 4. The summed E-state index contributed by atoms with van der Waals surface area (Å²) in [6, 6.07) is 0.866. The lowest BCUT2D eigenvalue weighted by Crippen LogP contribution is -2.16. The molecule has 1 aliphatic rings. The van der Waals surface area contributed by atoms with Crippen molar-refractivity contribution in [2.45, 2.75) is 39.2 Å². The van der Waals surface area contributed by atoms with Gasteiger partial charge in [0.2, 0.25) is 0 Å². The smallest absolute Gasteiger partial charge is 0.00683 e. The van der Waals surface area contributed by atoms with Gasteiger partial charge in [-0.2, -0.15) is 0 Å². The summed E-state index contributed by atoms with van der Waals surface area (Å²) in [4.78, 5) is 0. The number of nitrogens with one attached hydrogen (secondary N) is 1. The summed E-state index contributed by atoms with van der Waals surface area (Å²) in [7, 11) is 0. The molecule has 0 aromatic carbocycles. The zero-order chi connectivity index (χ0) is 7.40. The van der Waals surface area contributed by atoms with Crippen LogP contribution in [0.5, 0.6) is 0 Å². The minimum Gasteiger partial charge on any atom is -0.314 e. The van der Waals surface area contributed by atoms with E-state index in [0.717, 1.165) is 12.6 Å². The van der Waals surface area contributed by atoms with Crippen LogP contribution < -0.4 is 5.32 Å². The third-order valence-corrected chi connectivity index (χ3v) is 1.71. The lowest BCUT2D eigenvalue weighted by molar-refractivity contribution is 0.689. The molecule has 0 radical (unpaired) electrons. The van der Waals surface area contributed by atoms with Gasteiger partial charge in [0, 0.05) is 6.04 Å². The molecule has 0 aliphatic heterocycles. The maximum atomic E-state index is 3.47. The molecule has 0 amide bonds. The van der Waals surface area contributed by atoms with E-state index >= 15 is 0 Å². The SMILES string of the molecule is CC(C)=CCCNC1CC1. The Morgan fingerprint density at radius 1 is 1.50 bits per heavy atom. The molecule has 0 aromatic rings. The van der Waals surface area contributed by atoms with Crippen molar-refractivity contribution in [1.29, 1.82) is 0 Å². The second-order valence-corrected chi connectivity index (χ2v) is 3.30. The lowest BCUT2D eigenvalue weighted by Gasteiger charge is -1.97. The summed E-state index contributed by atoms with van der Waals surface area (Å²) in [6.45, 7) is 5.46. The van der Waals surface area contributed by atoms with Gasteiger partial charge in [0.25, 0.3) is 0 Å². The molecule has 0 atom stereocenters. The van der Waals surface area contributed by atoms with Crippen molar-refractivity contribution >= 4 is 0 Å². The molecule has 0 heterocycles. The molecular formula is C9H17N. The van der Waals surface area contributed by atoms with Gasteiger partial charge in [-0.3, -0.25) is 0 Å². The molecule has 10 heavy (non-hydrogen) atoms. The Bertz CT molecular complexity index is 119. The van der Waals surface area contributed by atoms with Crippen LogP contribution in [0.1, 0.15) is 33.1 Å². The number of hydrogen-bond acceptors (Lipinski definition) is 1. The van der Waals surface area contributed by atoms with Crippen molar-refractivity contribution in [2.24, 2.45) is 0 Å². The van der Waals surface area contributed by atoms with Gasteiger partial charge < -0.3 is 5.32 Å². The Morgan fingerprint density at radius 2 is 2.20 bits per heavy atom. The second kappa shape index (κ2) is 3.77. The first-order chi connectivity index (χ1) is 4.79. The van der Waals surface area contributed by atoms with Gasteiger partial charge in [0.05, 0.1) is 0 Å². The van der Waals surface area contributed by atoms with Gasteiger partial charge in [0.15, 0.2) is 0 Å². The Balaban J connectivity index is 1.89. The van der Waals surface area contributed by atoms with Crippen LogP contribution in [0.3, 0.4) is 0 Å². The van der Waals surface area contributed by atoms with Crippen molar-refractivity contribution in [1.82, 2.24) is 5.32 Å². The van der Waals surface area contributed by atoms with Crippen LogP contribution in [-0.4, -0.2) is 12.6 Å². The molecule has 1 saturated carbocycles. The average Bonchev–Trinajstić information content (AvgIpc) is 2.62. The quantitative estimate of drug-likeness (QED) is 0.464. The standard InChI is InChI=1S/C9H17N/c1-8(2)4-3-7-10-9-5-6-9/h4,9-10H,3,5-7H2,1-2H3. The summed E-state index contributed by atoms with van der Waals surface area (Å²) < 4.78 is 0. The molecule has 1 aliphatic carbocycles. The normalized spacial score (nSPS) is 17.0. The first-order valence-electron chi connectivity index (χ1n) is 4.16. The van der Waals surface area contributed by atoms with Crippen LogP contribution in [0.15, 0.2) is 11.6 Å². The molecule has 0 spiro atoms. The molecule has 0 unspecified atom stereocenters. The van der Waals surface area contributed by atoms with E-state index in [0.29, 0.717) is 0 Å². The van der Waals surface area contributed by atoms with E-state index < -0.39 is 0 Å². The number of hydrogen-bond donors (Lipinski definition) is 1. The Morgan fingerprint density at radius 3 is 2.70 bits per heavy atom. The highest BCUT2D eigenvalue weighted by molar-refractivity contribution is 4.93. The molecule has 1 heteroatoms. The highest BCUT2D eigenvalue weighted by Crippen LogP contribution is 2.18. The summed E-state index contributed by atoms with van der Waals surface area (Å²) >= 11 is 0. The highest BCUT2D eigenvalue weighted by atomic mass is 14.9. The van der Waals surface area contributed by atoms with Crippen molar-refractivity contribution < 1.29 is 0 Å². The molecule has 0 saturated heterocycles. The summed E-state index contributed by atoms with van der Waals surface area (Å²) in [5.41, 5.74) is 1.43. The Kier molecular flexibility index (Phi) is 2.94. The molecule has 1 N–H and O–H groups in total. The van der Waals surface area contributed by atoms with Crippen molar-refractivity contribution in [3.05, 3.63) is 11.6 Å². The first kappa shape index (κ1) is 7.80. The monoisotopic (exact) mass is 139 g/mol. The molecule has 0 bridgehead atoms. The first-order valence-corrected chi connectivity index (χ1v) is 4.16. The fourth-order valence-corrected chi connectivity index (χ4v) is 0.936. The van der Waals surface area contributed by atoms with Gasteiger partial charge >= 0.3 is 0 Å². The third kappa shape index (κ3) is 3.67. The second-order valence-electron chi connectivity index (χ2n) is 3.30. The zero-order valence-electron chi connectivity index (χ0n) is 6.98. The van der Waals surface area contributed by atoms with Crippen LogP contribution in [-0.2, 0) is 0 Å². The predicted octanol–water partition coefficient (Wildman–Crippen LogP) is 2.09. The summed E-state index contributed by atoms with van der Waals surface area (Å²) in [5.74, 6) is 0. The van der Waals surface area contributed by atoms with Gasteiger partial charge in [-0.15, -0.1) is 0 Å². The van der Waals surface area contributed by atoms with Crippen LogP contribution in [0.2, 0.25) is 0 Å². The maximum Gasteiger partial charge on any atom is 0.00683 e. The largest absolute Gasteiger partial charge is 0.314 e. The van der Waals surface area contributed by atoms with Crippen LogP contribution in [0, 0.1) is 0 Å². The Labute approximate surface area is 63.5 Å². The minimum absolute atomic E-state index is 0.866. The highest BCUT2D eigenvalue weighted by Gasteiger charge is 2.19. The molecule has 1 fully saturated rings. The molecule has 58 valence electrons. The third-order valence-electron chi connectivity index (χ3n) is 1.71. The van der Waals surface area contributed by atoms with E-state index in [1.807, 2.05) is 0 Å². The van der Waals surface area contributed by atoms with Crippen molar-refractivity contribution in [3.8, 4) is 0 Å². The summed E-state index contributed by atoms with van der Waals surface area (Å²) in [6.07, 6.45) is 6.28. The summed E-state index contributed by atoms with van der Waals surface area (Å²) in [5, 5.41) is 3.47. The lowest BCUT2D eigenvalue weighted by atomic mass is 10.3. The Hall–Kier alpha value is -0.300. The fourth-order valence-electron chi connectivity index (χ4n) is 0.936. The molecule has 1 rings (SSSR count). The van der Waals surface area contributed by atoms with E-state index in [-0.39, 0.29) is 0 Å². The maximum absolute atomic E-state index is 3.47. The van der Waals surface area contributed by atoms with Gasteiger partial charge in [0.1, 0.15) is 0 Å². The van der Waals surface area contributed by atoms with Crippen molar-refractivity contribution in [2.75, 3.05) is 6.54 Å². The molecular weight excluding hydrogens is 122 g/mol.